The summed E-state index contributed by atoms with van der Waals surface area (Å²) in [6.07, 6.45) is 0.991. The van der Waals surface area contributed by atoms with Crippen molar-refractivity contribution in [3.8, 4) is 5.75 Å². The molecule has 0 saturated heterocycles. The summed E-state index contributed by atoms with van der Waals surface area (Å²) in [5.74, 6) is 0.968. The minimum atomic E-state index is -0.490. The number of halogens is 1. The molecule has 0 atom stereocenters. The van der Waals surface area contributed by atoms with Crippen molar-refractivity contribution in [3.63, 3.8) is 0 Å². The Balaban J connectivity index is 0.00000338. The van der Waals surface area contributed by atoms with Crippen LogP contribution in [-0.2, 0) is 17.8 Å². The number of nitrogens with one attached hydrogen (secondary N) is 1. The lowest BCUT2D eigenvalue weighted by Gasteiger charge is -2.22. The molecule has 0 saturated carbocycles. The van der Waals surface area contributed by atoms with Gasteiger partial charge in [-0.1, -0.05) is 18.2 Å². The Bertz CT molecular complexity index is 707. The molecule has 2 aromatic rings. The van der Waals surface area contributed by atoms with Crippen LogP contribution in [0.15, 0.2) is 46.8 Å². The maximum Gasteiger partial charge on any atom is 0.255 e. The van der Waals surface area contributed by atoms with E-state index in [-0.39, 0.29) is 30.6 Å². The Morgan fingerprint density at radius 2 is 2.15 bits per heavy atom. The number of rotatable bonds is 8. The second-order valence-corrected chi connectivity index (χ2v) is 6.59. The van der Waals surface area contributed by atoms with Crippen molar-refractivity contribution < 1.29 is 9.53 Å². The molecular weight excluding hydrogens is 463 g/mol. The molecule has 1 aromatic carbocycles. The molecular formula is C18H25IN4O2S. The zero-order valence-corrected chi connectivity index (χ0v) is 18.1. The number of nitrogens with zero attached hydrogens (tertiary/aromatic N) is 2. The second-order valence-electron chi connectivity index (χ2n) is 5.55. The number of primary amides is 1. The number of thiophene rings is 1. The number of likely N-dealkylation sites (N-methyl/N-ethyl adjacent to an activating group) is 1. The fourth-order valence-electron chi connectivity index (χ4n) is 2.30. The largest absolute Gasteiger partial charge is 0.484 e. The number of amides is 1. The Kier molecular flexibility index (Phi) is 10.0. The average molecular weight is 488 g/mol. The van der Waals surface area contributed by atoms with Gasteiger partial charge in [0.2, 0.25) is 0 Å². The summed E-state index contributed by atoms with van der Waals surface area (Å²) in [7, 11) is 3.80. The maximum atomic E-state index is 10.8. The number of hydrogen-bond donors (Lipinski definition) is 2. The van der Waals surface area contributed by atoms with Gasteiger partial charge in [-0.15, -0.1) is 35.3 Å². The van der Waals surface area contributed by atoms with Gasteiger partial charge in [0.25, 0.3) is 5.91 Å². The van der Waals surface area contributed by atoms with E-state index in [1.807, 2.05) is 25.2 Å². The lowest BCUT2D eigenvalue weighted by molar-refractivity contribution is -0.119. The number of carbonyl (C=O) groups excluding carboxylic acids is 1. The van der Waals surface area contributed by atoms with Gasteiger partial charge in [-0.2, -0.15) is 0 Å². The van der Waals surface area contributed by atoms with Crippen molar-refractivity contribution in [2.45, 2.75) is 13.0 Å². The monoisotopic (exact) mass is 488 g/mol. The summed E-state index contributed by atoms with van der Waals surface area (Å²) in [4.78, 5) is 18.6. The van der Waals surface area contributed by atoms with Crippen LogP contribution >= 0.6 is 35.3 Å². The highest BCUT2D eigenvalue weighted by Gasteiger charge is 2.07. The third kappa shape index (κ3) is 7.61. The van der Waals surface area contributed by atoms with Crippen LogP contribution < -0.4 is 15.8 Å². The lowest BCUT2D eigenvalue weighted by Crippen LogP contribution is -2.39. The highest BCUT2D eigenvalue weighted by Crippen LogP contribution is 2.13. The van der Waals surface area contributed by atoms with Crippen LogP contribution in [0.5, 0.6) is 5.75 Å². The van der Waals surface area contributed by atoms with Crippen LogP contribution in [0.4, 0.5) is 0 Å². The fourth-order valence-corrected chi connectivity index (χ4v) is 3.00. The molecule has 0 unspecified atom stereocenters. The van der Waals surface area contributed by atoms with E-state index in [4.69, 9.17) is 10.5 Å². The molecule has 0 bridgehead atoms. The van der Waals surface area contributed by atoms with Crippen molar-refractivity contribution in [3.05, 3.63) is 52.2 Å². The first-order chi connectivity index (χ1) is 12.1. The van der Waals surface area contributed by atoms with Gasteiger partial charge >= 0.3 is 0 Å². The minimum absolute atomic E-state index is 0. The summed E-state index contributed by atoms with van der Waals surface area (Å²) in [5, 5.41) is 5.43. The number of hydrogen-bond acceptors (Lipinski definition) is 4. The van der Waals surface area contributed by atoms with E-state index in [0.717, 1.165) is 24.5 Å². The Morgan fingerprint density at radius 3 is 2.81 bits per heavy atom. The summed E-state index contributed by atoms with van der Waals surface area (Å²) in [6.45, 7) is 1.38. The van der Waals surface area contributed by atoms with Gasteiger partial charge in [0.1, 0.15) is 5.75 Å². The molecule has 0 fully saturated rings. The molecule has 6 nitrogen and oxygen atoms in total. The fraction of sp³-hybridized carbons (Fsp3) is 0.333. The number of carbonyl (C=O) groups is 1. The van der Waals surface area contributed by atoms with Crippen molar-refractivity contribution >= 4 is 47.2 Å². The number of ether oxygens (including phenoxy) is 1. The van der Waals surface area contributed by atoms with E-state index >= 15 is 0 Å². The van der Waals surface area contributed by atoms with Gasteiger partial charge in [-0.3, -0.25) is 9.79 Å². The molecule has 3 N–H and O–H groups in total. The molecule has 1 amide bonds. The molecule has 26 heavy (non-hydrogen) atoms. The van der Waals surface area contributed by atoms with Crippen molar-refractivity contribution in [2.24, 2.45) is 10.7 Å². The number of aliphatic imine (C=N–C) groups is 1. The third-order valence-electron chi connectivity index (χ3n) is 3.58. The first-order valence-corrected chi connectivity index (χ1v) is 8.90. The topological polar surface area (TPSA) is 80.0 Å². The first kappa shape index (κ1) is 22.2. The van der Waals surface area contributed by atoms with Crippen molar-refractivity contribution in [1.29, 1.82) is 0 Å². The number of benzene rings is 1. The van der Waals surface area contributed by atoms with Crippen LogP contribution in [0.1, 0.15) is 10.4 Å². The zero-order chi connectivity index (χ0) is 18.1. The van der Waals surface area contributed by atoms with Crippen LogP contribution in [0.2, 0.25) is 0 Å². The van der Waals surface area contributed by atoms with Crippen LogP contribution in [0, 0.1) is 0 Å². The van der Waals surface area contributed by atoms with Gasteiger partial charge < -0.3 is 20.7 Å². The Morgan fingerprint density at radius 1 is 1.35 bits per heavy atom. The predicted octanol–water partition coefficient (Wildman–Crippen LogP) is 2.48. The van der Waals surface area contributed by atoms with Gasteiger partial charge in [0.05, 0.1) is 0 Å². The van der Waals surface area contributed by atoms with Gasteiger partial charge in [-0.25, -0.2) is 0 Å². The standard InChI is InChI=1S/C18H24N4O2S.HI/c1-20-18(22(2)9-8-16-7-4-10-25-16)21-12-14-5-3-6-15(11-14)24-13-17(19)23;/h3-7,10-11H,8-9,12-13H2,1-2H3,(H2,19,23)(H,20,21);1H. The van der Waals surface area contributed by atoms with E-state index in [1.165, 1.54) is 4.88 Å². The molecule has 1 aromatic heterocycles. The smallest absolute Gasteiger partial charge is 0.255 e. The molecule has 1 heterocycles. The molecule has 8 heteroatoms. The summed E-state index contributed by atoms with van der Waals surface area (Å²) in [6, 6.07) is 11.8. The molecule has 0 radical (unpaired) electrons. The lowest BCUT2D eigenvalue weighted by atomic mass is 10.2. The highest BCUT2D eigenvalue weighted by molar-refractivity contribution is 14.0. The van der Waals surface area contributed by atoms with Gasteiger partial charge in [0.15, 0.2) is 12.6 Å². The van der Waals surface area contributed by atoms with Crippen molar-refractivity contribution in [1.82, 2.24) is 10.2 Å². The van der Waals surface area contributed by atoms with Crippen LogP contribution in [0.3, 0.4) is 0 Å². The summed E-state index contributed by atoms with van der Waals surface area (Å²) < 4.78 is 5.33. The molecule has 142 valence electrons. The number of nitrogens with two attached hydrogens (primary N) is 1. The Labute approximate surface area is 175 Å². The average Bonchev–Trinajstić information content (AvgIpc) is 3.12. The summed E-state index contributed by atoms with van der Waals surface area (Å²) >= 11 is 1.77. The number of guanidine groups is 1. The van der Waals surface area contributed by atoms with Crippen LogP contribution in [0.25, 0.3) is 0 Å². The Hall–Kier alpha value is -1.81. The second kappa shape index (κ2) is 11.7. The van der Waals surface area contributed by atoms with E-state index in [0.29, 0.717) is 12.3 Å². The predicted molar refractivity (Wildman–Crippen MR) is 117 cm³/mol. The normalized spacial score (nSPS) is 10.8. The summed E-state index contributed by atoms with van der Waals surface area (Å²) in [5.41, 5.74) is 6.13. The zero-order valence-electron chi connectivity index (χ0n) is 15.0. The SMILES string of the molecule is CN=C(NCc1cccc(OCC(N)=O)c1)N(C)CCc1cccs1.I. The third-order valence-corrected chi connectivity index (χ3v) is 4.51. The van der Waals surface area contributed by atoms with E-state index in [9.17, 15) is 4.79 Å². The minimum Gasteiger partial charge on any atom is -0.484 e. The quantitative estimate of drug-likeness (QED) is 0.340. The first-order valence-electron chi connectivity index (χ1n) is 8.02. The molecule has 0 aliphatic heterocycles. The van der Waals surface area contributed by atoms with E-state index in [1.54, 1.807) is 24.5 Å². The van der Waals surface area contributed by atoms with Crippen LogP contribution in [-0.4, -0.2) is 44.0 Å². The van der Waals surface area contributed by atoms with E-state index in [2.05, 4.69) is 32.7 Å². The molecule has 0 aliphatic rings. The highest BCUT2D eigenvalue weighted by atomic mass is 127. The molecule has 0 aliphatic carbocycles. The molecule has 0 spiro atoms. The maximum absolute atomic E-state index is 10.8. The molecule has 2 rings (SSSR count). The van der Waals surface area contributed by atoms with Crippen molar-refractivity contribution in [2.75, 3.05) is 27.2 Å². The van der Waals surface area contributed by atoms with Gasteiger partial charge in [-0.05, 0) is 35.6 Å². The van der Waals surface area contributed by atoms with E-state index < -0.39 is 5.91 Å². The van der Waals surface area contributed by atoms with Gasteiger partial charge in [0, 0.05) is 32.1 Å².